The summed E-state index contributed by atoms with van der Waals surface area (Å²) in [5.74, 6) is 0.674. The molecule has 2 aromatic carbocycles. The molecule has 0 spiro atoms. The molecule has 1 aliphatic carbocycles. The van der Waals surface area contributed by atoms with Crippen LogP contribution in [0, 0.1) is 16.7 Å². The number of benzene rings is 2. The van der Waals surface area contributed by atoms with E-state index in [1.54, 1.807) is 12.0 Å². The van der Waals surface area contributed by atoms with Crippen molar-refractivity contribution >= 4 is 39.8 Å². The minimum atomic E-state index is -0.263. The number of piperazine rings is 1. The standard InChI is InChI=1S/C35H42ClN7O3/c1-5-31(44)43-17-16-42(20-25(43)12-14-37)33-27-13-15-41(30-11-7-9-24-8-6-10-28(36)32(24)30)21-29(27)38-34(39-33)46-23-35(22-40(2)3)18-26(19-35)45-4/h5-11,25-26H,1,12-13,15-23H2,2-4H3/t25-,26?,35?/m0/s1. The Labute approximate surface area is 276 Å². The van der Waals surface area contributed by atoms with Crippen molar-refractivity contribution in [1.29, 1.82) is 5.26 Å². The summed E-state index contributed by atoms with van der Waals surface area (Å²) < 4.78 is 12.1. The number of ether oxygens (including phenoxy) is 2. The quantitative estimate of drug-likeness (QED) is 0.291. The lowest BCUT2D eigenvalue weighted by Crippen LogP contribution is -2.55. The van der Waals surface area contributed by atoms with Crippen LogP contribution in [0.15, 0.2) is 49.1 Å². The average molecular weight is 644 g/mol. The van der Waals surface area contributed by atoms with E-state index in [0.29, 0.717) is 38.8 Å². The van der Waals surface area contributed by atoms with Gasteiger partial charge in [0.1, 0.15) is 5.82 Å². The van der Waals surface area contributed by atoms with Gasteiger partial charge in [0.25, 0.3) is 0 Å². The molecule has 0 radical (unpaired) electrons. The number of aromatic nitrogens is 2. The second-order valence-corrected chi connectivity index (χ2v) is 13.4. The van der Waals surface area contributed by atoms with E-state index in [1.807, 2.05) is 12.1 Å². The van der Waals surface area contributed by atoms with E-state index < -0.39 is 0 Å². The van der Waals surface area contributed by atoms with Crippen LogP contribution in [-0.2, 0) is 22.5 Å². The molecule has 6 rings (SSSR count). The van der Waals surface area contributed by atoms with Gasteiger partial charge in [0.15, 0.2) is 0 Å². The van der Waals surface area contributed by atoms with E-state index in [4.69, 9.17) is 31.0 Å². The van der Waals surface area contributed by atoms with Crippen molar-refractivity contribution in [2.75, 3.05) is 70.3 Å². The number of carbonyl (C=O) groups is 1. The molecule has 1 amide bonds. The Morgan fingerprint density at radius 3 is 2.67 bits per heavy atom. The van der Waals surface area contributed by atoms with Crippen LogP contribution < -0.4 is 14.5 Å². The minimum Gasteiger partial charge on any atom is -0.463 e. The van der Waals surface area contributed by atoms with Gasteiger partial charge < -0.3 is 29.1 Å². The molecule has 3 heterocycles. The Hall–Kier alpha value is -3.91. The van der Waals surface area contributed by atoms with Crippen LogP contribution in [0.1, 0.15) is 30.5 Å². The first kappa shape index (κ1) is 32.0. The van der Waals surface area contributed by atoms with Gasteiger partial charge in [0.2, 0.25) is 5.91 Å². The molecule has 0 bridgehead atoms. The molecule has 1 atom stereocenters. The minimum absolute atomic E-state index is 0.0378. The van der Waals surface area contributed by atoms with Crippen molar-refractivity contribution in [1.82, 2.24) is 19.8 Å². The van der Waals surface area contributed by atoms with Crippen LogP contribution in [0.4, 0.5) is 11.5 Å². The Morgan fingerprint density at radius 1 is 1.17 bits per heavy atom. The van der Waals surface area contributed by atoms with Crippen molar-refractivity contribution in [3.8, 4) is 12.1 Å². The summed E-state index contributed by atoms with van der Waals surface area (Å²) in [6, 6.07) is 14.6. The van der Waals surface area contributed by atoms with Crippen LogP contribution in [0.5, 0.6) is 6.01 Å². The molecule has 46 heavy (non-hydrogen) atoms. The molecule has 0 N–H and O–H groups in total. The van der Waals surface area contributed by atoms with Crippen LogP contribution >= 0.6 is 11.6 Å². The molecule has 11 heteroatoms. The second-order valence-electron chi connectivity index (χ2n) is 13.0. The number of carbonyl (C=O) groups excluding carboxylic acids is 1. The lowest BCUT2D eigenvalue weighted by atomic mass is 9.67. The van der Waals surface area contributed by atoms with Gasteiger partial charge in [0.05, 0.1) is 48.5 Å². The number of nitriles is 1. The van der Waals surface area contributed by atoms with E-state index in [2.05, 4.69) is 65.7 Å². The Kier molecular flexibility index (Phi) is 9.37. The van der Waals surface area contributed by atoms with Gasteiger partial charge in [-0.3, -0.25) is 4.79 Å². The number of nitrogens with zero attached hydrogens (tertiary/aromatic N) is 7. The smallest absolute Gasteiger partial charge is 0.318 e. The average Bonchev–Trinajstić information content (AvgIpc) is 3.04. The zero-order chi connectivity index (χ0) is 32.4. The van der Waals surface area contributed by atoms with Crippen molar-refractivity contribution in [3.63, 3.8) is 0 Å². The maximum atomic E-state index is 12.6. The lowest BCUT2D eigenvalue weighted by molar-refractivity contribution is -0.128. The van der Waals surface area contributed by atoms with Crippen LogP contribution in [0.2, 0.25) is 5.02 Å². The number of amides is 1. The summed E-state index contributed by atoms with van der Waals surface area (Å²) >= 11 is 6.73. The molecule has 242 valence electrons. The van der Waals surface area contributed by atoms with E-state index in [0.717, 1.165) is 70.9 Å². The SMILES string of the molecule is C=CC(=O)N1CCN(c2nc(OCC3(CN(C)C)CC(OC)C3)nc3c2CCN(c2cccc4cccc(Cl)c24)C3)C[C@@H]1CC#N. The zero-order valence-electron chi connectivity index (χ0n) is 26.9. The van der Waals surface area contributed by atoms with Crippen molar-refractivity contribution in [2.45, 2.75) is 44.4 Å². The highest BCUT2D eigenvalue weighted by molar-refractivity contribution is 6.36. The highest BCUT2D eigenvalue weighted by Crippen LogP contribution is 2.44. The largest absolute Gasteiger partial charge is 0.463 e. The first-order valence-corrected chi connectivity index (χ1v) is 16.3. The molecular weight excluding hydrogens is 602 g/mol. The molecule has 2 fully saturated rings. The highest BCUT2D eigenvalue weighted by atomic mass is 35.5. The molecule has 2 aliphatic heterocycles. The number of methoxy groups -OCH3 is 1. The normalized spacial score (nSPS) is 22.7. The Morgan fingerprint density at radius 2 is 1.96 bits per heavy atom. The fraction of sp³-hybridized carbons (Fsp3) is 0.486. The van der Waals surface area contributed by atoms with Crippen LogP contribution in [0.3, 0.4) is 0 Å². The predicted molar refractivity (Wildman–Crippen MR) is 180 cm³/mol. The molecule has 1 aromatic heterocycles. The highest BCUT2D eigenvalue weighted by Gasteiger charge is 2.46. The van der Waals surface area contributed by atoms with E-state index in [-0.39, 0.29) is 29.9 Å². The van der Waals surface area contributed by atoms with Crippen LogP contribution in [-0.4, -0.2) is 98.4 Å². The second kappa shape index (κ2) is 13.4. The third kappa shape index (κ3) is 6.37. The molecule has 3 aliphatic rings. The number of anilines is 2. The van der Waals surface area contributed by atoms with Gasteiger partial charge in [-0.25, -0.2) is 0 Å². The maximum Gasteiger partial charge on any atom is 0.318 e. The molecular formula is C35H42ClN7O3. The summed E-state index contributed by atoms with van der Waals surface area (Å²) in [5, 5.41) is 12.4. The van der Waals surface area contributed by atoms with Crippen LogP contribution in [0.25, 0.3) is 10.8 Å². The fourth-order valence-electron chi connectivity index (χ4n) is 7.45. The summed E-state index contributed by atoms with van der Waals surface area (Å²) in [7, 11) is 5.93. The van der Waals surface area contributed by atoms with Gasteiger partial charge in [-0.1, -0.05) is 42.4 Å². The fourth-order valence-corrected chi connectivity index (χ4v) is 7.73. The molecule has 1 saturated heterocycles. The molecule has 1 saturated carbocycles. The first-order valence-electron chi connectivity index (χ1n) is 15.9. The Balaban J connectivity index is 1.34. The van der Waals surface area contributed by atoms with Gasteiger partial charge in [-0.15, -0.1) is 0 Å². The van der Waals surface area contributed by atoms with Crippen molar-refractivity contribution in [3.05, 3.63) is 65.3 Å². The zero-order valence-corrected chi connectivity index (χ0v) is 27.7. The first-order chi connectivity index (χ1) is 22.2. The summed E-state index contributed by atoms with van der Waals surface area (Å²) in [4.78, 5) is 31.2. The maximum absolute atomic E-state index is 12.6. The van der Waals surface area contributed by atoms with E-state index >= 15 is 0 Å². The van der Waals surface area contributed by atoms with Gasteiger partial charge in [-0.05, 0) is 57.0 Å². The van der Waals surface area contributed by atoms with Gasteiger partial charge in [0, 0.05) is 61.9 Å². The van der Waals surface area contributed by atoms with Gasteiger partial charge in [-0.2, -0.15) is 15.2 Å². The monoisotopic (exact) mass is 643 g/mol. The number of hydrogen-bond donors (Lipinski definition) is 0. The summed E-state index contributed by atoms with van der Waals surface area (Å²) in [6.45, 7) is 7.96. The third-order valence-electron chi connectivity index (χ3n) is 9.58. The summed E-state index contributed by atoms with van der Waals surface area (Å²) in [6.07, 6.45) is 4.37. The predicted octanol–water partition coefficient (Wildman–Crippen LogP) is 4.70. The topological polar surface area (TPSA) is 98.1 Å². The number of halogens is 1. The summed E-state index contributed by atoms with van der Waals surface area (Å²) in [5.41, 5.74) is 3.04. The molecule has 0 unspecified atom stereocenters. The van der Waals surface area contributed by atoms with E-state index in [1.165, 1.54) is 6.08 Å². The third-order valence-corrected chi connectivity index (χ3v) is 9.89. The van der Waals surface area contributed by atoms with E-state index in [9.17, 15) is 10.1 Å². The number of rotatable bonds is 10. The number of hydrogen-bond acceptors (Lipinski definition) is 9. The Bertz CT molecular complexity index is 1650. The van der Waals surface area contributed by atoms with Crippen molar-refractivity contribution in [2.24, 2.45) is 5.41 Å². The lowest BCUT2D eigenvalue weighted by Gasteiger charge is -2.47. The van der Waals surface area contributed by atoms with Gasteiger partial charge >= 0.3 is 6.01 Å². The number of fused-ring (bicyclic) bond motifs is 2. The molecule has 3 aromatic rings. The molecule has 10 nitrogen and oxygen atoms in total. The van der Waals surface area contributed by atoms with Crippen molar-refractivity contribution < 1.29 is 14.3 Å².